The first kappa shape index (κ1) is 21.2. The van der Waals surface area contributed by atoms with E-state index in [1.807, 2.05) is 24.3 Å². The van der Waals surface area contributed by atoms with Gasteiger partial charge in [0.05, 0.1) is 6.42 Å². The minimum atomic E-state index is -0.452. The predicted molar refractivity (Wildman–Crippen MR) is 108 cm³/mol. The van der Waals surface area contributed by atoms with Gasteiger partial charge >= 0.3 is 5.97 Å². The molecule has 0 aliphatic heterocycles. The summed E-state index contributed by atoms with van der Waals surface area (Å²) in [5.74, 6) is -1.09. The maximum absolute atomic E-state index is 11.9. The van der Waals surface area contributed by atoms with Crippen LogP contribution in [0.15, 0.2) is 48.5 Å². The maximum atomic E-state index is 11.9. The van der Waals surface area contributed by atoms with Crippen molar-refractivity contribution in [3.8, 4) is 0 Å². The fourth-order valence-electron chi connectivity index (χ4n) is 2.61. The van der Waals surface area contributed by atoms with Crippen molar-refractivity contribution in [2.24, 2.45) is 0 Å². The summed E-state index contributed by atoms with van der Waals surface area (Å²) in [7, 11) is 1.55. The average Bonchev–Trinajstić information content (AvgIpc) is 2.72. The average molecular weight is 382 g/mol. The lowest BCUT2D eigenvalue weighted by atomic mass is 10.1. The van der Waals surface area contributed by atoms with E-state index in [1.165, 1.54) is 5.56 Å². The zero-order valence-electron chi connectivity index (χ0n) is 16.3. The van der Waals surface area contributed by atoms with Crippen molar-refractivity contribution in [2.75, 3.05) is 19.0 Å². The van der Waals surface area contributed by atoms with Gasteiger partial charge in [-0.2, -0.15) is 0 Å². The standard InChI is InChI=1S/C22H26N2O4/c1-3-4-5-16-6-8-17(9-7-16)14-21(26)28-15-20(25)24-19-12-10-18(11-13-19)22(27)23-2/h6-13H,3-5,14-15H2,1-2H3,(H,23,27)(H,24,25). The summed E-state index contributed by atoms with van der Waals surface area (Å²) in [4.78, 5) is 35.3. The second-order valence-electron chi connectivity index (χ2n) is 6.46. The number of unbranched alkanes of at least 4 members (excludes halogenated alkanes) is 1. The van der Waals surface area contributed by atoms with Gasteiger partial charge in [-0.1, -0.05) is 37.6 Å². The molecule has 0 unspecified atom stereocenters. The molecule has 2 N–H and O–H groups in total. The van der Waals surface area contributed by atoms with Crippen LogP contribution in [0.4, 0.5) is 5.69 Å². The fourth-order valence-corrected chi connectivity index (χ4v) is 2.61. The van der Waals surface area contributed by atoms with E-state index in [-0.39, 0.29) is 18.9 Å². The number of rotatable bonds is 9. The molecule has 0 heterocycles. The molecule has 6 nitrogen and oxygen atoms in total. The summed E-state index contributed by atoms with van der Waals surface area (Å²) in [5.41, 5.74) is 3.13. The number of hydrogen-bond acceptors (Lipinski definition) is 4. The molecule has 0 aromatic heterocycles. The summed E-state index contributed by atoms with van der Waals surface area (Å²) in [5, 5.41) is 5.15. The van der Waals surface area contributed by atoms with Gasteiger partial charge in [0.25, 0.3) is 11.8 Å². The van der Waals surface area contributed by atoms with Crippen LogP contribution in [0.2, 0.25) is 0 Å². The lowest BCUT2D eigenvalue weighted by Crippen LogP contribution is -2.22. The Morgan fingerprint density at radius 3 is 2.18 bits per heavy atom. The second kappa shape index (κ2) is 10.9. The molecule has 0 aliphatic carbocycles. The number of hydrogen-bond donors (Lipinski definition) is 2. The van der Waals surface area contributed by atoms with E-state index in [0.29, 0.717) is 11.3 Å². The zero-order chi connectivity index (χ0) is 20.4. The number of carbonyl (C=O) groups is 3. The van der Waals surface area contributed by atoms with Gasteiger partial charge in [-0.3, -0.25) is 14.4 Å². The van der Waals surface area contributed by atoms with Crippen molar-refractivity contribution in [3.63, 3.8) is 0 Å². The Morgan fingerprint density at radius 2 is 1.57 bits per heavy atom. The molecule has 0 saturated carbocycles. The number of carbonyl (C=O) groups excluding carboxylic acids is 3. The van der Waals surface area contributed by atoms with Crippen LogP contribution in [0.25, 0.3) is 0 Å². The maximum Gasteiger partial charge on any atom is 0.310 e. The molecule has 148 valence electrons. The van der Waals surface area contributed by atoms with Gasteiger partial charge in [-0.05, 0) is 48.2 Å². The molecule has 2 aromatic rings. The first-order chi connectivity index (χ1) is 13.5. The van der Waals surface area contributed by atoms with Gasteiger partial charge in [0.2, 0.25) is 0 Å². The number of nitrogens with one attached hydrogen (secondary N) is 2. The highest BCUT2D eigenvalue weighted by Crippen LogP contribution is 2.10. The molecule has 0 fully saturated rings. The van der Waals surface area contributed by atoms with E-state index in [1.54, 1.807) is 31.3 Å². The third kappa shape index (κ3) is 6.87. The molecule has 0 saturated heterocycles. The minimum absolute atomic E-state index is 0.127. The highest BCUT2D eigenvalue weighted by molar-refractivity contribution is 5.96. The Labute approximate surface area is 165 Å². The molecule has 0 bridgehead atoms. The minimum Gasteiger partial charge on any atom is -0.455 e. The molecule has 0 spiro atoms. The topological polar surface area (TPSA) is 84.5 Å². The van der Waals surface area contributed by atoms with Gasteiger partial charge in [-0.25, -0.2) is 0 Å². The molecule has 2 amide bonds. The van der Waals surface area contributed by atoms with E-state index >= 15 is 0 Å². The molecule has 0 aliphatic rings. The van der Waals surface area contributed by atoms with Gasteiger partial charge < -0.3 is 15.4 Å². The van der Waals surface area contributed by atoms with Crippen molar-refractivity contribution < 1.29 is 19.1 Å². The summed E-state index contributed by atoms with van der Waals surface area (Å²) < 4.78 is 5.04. The number of ether oxygens (including phenoxy) is 1. The normalized spacial score (nSPS) is 10.2. The van der Waals surface area contributed by atoms with Crippen molar-refractivity contribution in [2.45, 2.75) is 32.6 Å². The van der Waals surface area contributed by atoms with E-state index in [9.17, 15) is 14.4 Å². The van der Waals surface area contributed by atoms with Gasteiger partial charge in [0, 0.05) is 18.3 Å². The first-order valence-electron chi connectivity index (χ1n) is 9.37. The molecular weight excluding hydrogens is 356 g/mol. The molecular formula is C22H26N2O4. The van der Waals surface area contributed by atoms with E-state index in [0.717, 1.165) is 24.8 Å². The van der Waals surface area contributed by atoms with Gasteiger partial charge in [-0.15, -0.1) is 0 Å². The smallest absolute Gasteiger partial charge is 0.310 e. The highest BCUT2D eigenvalue weighted by atomic mass is 16.5. The Kier molecular flexibility index (Phi) is 8.21. The van der Waals surface area contributed by atoms with Crippen LogP contribution in [-0.2, 0) is 27.2 Å². The zero-order valence-corrected chi connectivity index (χ0v) is 16.3. The molecule has 6 heteroatoms. The van der Waals surface area contributed by atoms with Gasteiger partial charge in [0.15, 0.2) is 6.61 Å². The van der Waals surface area contributed by atoms with Crippen LogP contribution in [0, 0.1) is 0 Å². The molecule has 2 rings (SSSR count). The SMILES string of the molecule is CCCCc1ccc(CC(=O)OCC(=O)Nc2ccc(C(=O)NC)cc2)cc1. The second-order valence-corrected chi connectivity index (χ2v) is 6.46. The summed E-state index contributed by atoms with van der Waals surface area (Å²) >= 11 is 0. The Bertz CT molecular complexity index is 798. The van der Waals surface area contributed by atoms with Crippen molar-refractivity contribution in [1.82, 2.24) is 5.32 Å². The number of anilines is 1. The Balaban J connectivity index is 1.76. The van der Waals surface area contributed by atoms with Crippen LogP contribution in [0.3, 0.4) is 0 Å². The molecule has 2 aromatic carbocycles. The summed E-state index contributed by atoms with van der Waals surface area (Å²) in [6, 6.07) is 14.3. The van der Waals surface area contributed by atoms with Crippen LogP contribution >= 0.6 is 0 Å². The molecule has 0 atom stereocenters. The Hall–Kier alpha value is -3.15. The Morgan fingerprint density at radius 1 is 0.929 bits per heavy atom. The summed E-state index contributed by atoms with van der Waals surface area (Å²) in [6.45, 7) is 1.80. The van der Waals surface area contributed by atoms with Crippen LogP contribution < -0.4 is 10.6 Å². The fraction of sp³-hybridized carbons (Fsp3) is 0.318. The first-order valence-corrected chi connectivity index (χ1v) is 9.37. The largest absolute Gasteiger partial charge is 0.455 e. The third-order valence-electron chi connectivity index (χ3n) is 4.21. The lowest BCUT2D eigenvalue weighted by molar-refractivity contribution is -0.146. The quantitative estimate of drug-likeness (QED) is 0.653. The van der Waals surface area contributed by atoms with E-state index in [4.69, 9.17) is 4.74 Å². The van der Waals surface area contributed by atoms with Crippen LogP contribution in [0.5, 0.6) is 0 Å². The number of amides is 2. The van der Waals surface area contributed by atoms with Crippen molar-refractivity contribution in [3.05, 3.63) is 65.2 Å². The monoisotopic (exact) mass is 382 g/mol. The molecule has 28 heavy (non-hydrogen) atoms. The van der Waals surface area contributed by atoms with Crippen molar-refractivity contribution in [1.29, 1.82) is 0 Å². The van der Waals surface area contributed by atoms with E-state index < -0.39 is 11.9 Å². The van der Waals surface area contributed by atoms with E-state index in [2.05, 4.69) is 17.6 Å². The lowest BCUT2D eigenvalue weighted by Gasteiger charge is -2.08. The summed E-state index contributed by atoms with van der Waals surface area (Å²) in [6.07, 6.45) is 3.45. The number of esters is 1. The number of benzene rings is 2. The predicted octanol–water partition coefficient (Wildman–Crippen LogP) is 3.11. The van der Waals surface area contributed by atoms with Crippen molar-refractivity contribution >= 4 is 23.5 Å². The third-order valence-corrected chi connectivity index (χ3v) is 4.21. The highest BCUT2D eigenvalue weighted by Gasteiger charge is 2.10. The van der Waals surface area contributed by atoms with Crippen LogP contribution in [0.1, 0.15) is 41.3 Å². The number of aryl methyl sites for hydroxylation is 1. The van der Waals surface area contributed by atoms with Gasteiger partial charge in [0.1, 0.15) is 0 Å². The van der Waals surface area contributed by atoms with Crippen LogP contribution in [-0.4, -0.2) is 31.4 Å². The molecule has 0 radical (unpaired) electrons.